The number of carbonyl (C=O) groups excluding carboxylic acids is 1. The van der Waals surface area contributed by atoms with Crippen LogP contribution in [0.25, 0.3) is 0 Å². The van der Waals surface area contributed by atoms with Gasteiger partial charge in [-0.2, -0.15) is 0 Å². The van der Waals surface area contributed by atoms with Crippen LogP contribution in [0.4, 0.5) is 10.1 Å². The second kappa shape index (κ2) is 7.69. The fourth-order valence-corrected chi connectivity index (χ4v) is 1.62. The maximum Gasteiger partial charge on any atom is 0.253 e. The molecule has 1 aromatic rings. The highest BCUT2D eigenvalue weighted by Crippen LogP contribution is 2.19. The average Bonchev–Trinajstić information content (AvgIpc) is 2.37. The molecule has 4 heteroatoms. The Balaban J connectivity index is 2.79. The second-order valence-corrected chi connectivity index (χ2v) is 4.20. The van der Waals surface area contributed by atoms with Gasteiger partial charge in [0.05, 0.1) is 11.3 Å². The first-order valence-electron chi connectivity index (χ1n) is 6.51. The summed E-state index contributed by atoms with van der Waals surface area (Å²) in [6.07, 6.45) is 2.83. The average molecular weight is 252 g/mol. The van der Waals surface area contributed by atoms with Gasteiger partial charge in [0.1, 0.15) is 5.82 Å². The molecule has 0 atom stereocenters. The lowest BCUT2D eigenvalue weighted by Gasteiger charge is -2.12. The molecule has 0 spiro atoms. The molecule has 18 heavy (non-hydrogen) atoms. The highest BCUT2D eigenvalue weighted by atomic mass is 19.1. The molecule has 0 aliphatic carbocycles. The standard InChI is InChI=1S/C14H21FN2O/c1-3-5-10-17-14(18)11-7-6-8-12(15)13(11)16-9-4-2/h6-8,16H,3-5,9-10H2,1-2H3,(H,17,18). The number of halogens is 1. The van der Waals surface area contributed by atoms with Gasteiger partial charge in [0.15, 0.2) is 0 Å². The molecule has 0 aliphatic heterocycles. The molecule has 0 saturated carbocycles. The fraction of sp³-hybridized carbons (Fsp3) is 0.500. The maximum atomic E-state index is 13.7. The molecule has 0 heterocycles. The SMILES string of the molecule is CCCCNC(=O)c1cccc(F)c1NCCC. The summed E-state index contributed by atoms with van der Waals surface area (Å²) in [6, 6.07) is 4.56. The molecule has 2 N–H and O–H groups in total. The molecule has 0 aliphatic rings. The molecule has 1 aromatic carbocycles. The summed E-state index contributed by atoms with van der Waals surface area (Å²) in [5.41, 5.74) is 0.674. The minimum absolute atomic E-state index is 0.221. The Kier molecular flexibility index (Phi) is 6.19. The molecular weight excluding hydrogens is 231 g/mol. The maximum absolute atomic E-state index is 13.7. The van der Waals surface area contributed by atoms with Gasteiger partial charge in [0.2, 0.25) is 0 Å². The molecule has 0 radical (unpaired) electrons. The summed E-state index contributed by atoms with van der Waals surface area (Å²) in [5, 5.41) is 5.77. The van der Waals surface area contributed by atoms with Crippen molar-refractivity contribution in [1.29, 1.82) is 0 Å². The highest BCUT2D eigenvalue weighted by molar-refractivity contribution is 5.99. The van der Waals surface area contributed by atoms with E-state index in [2.05, 4.69) is 17.6 Å². The predicted molar refractivity (Wildman–Crippen MR) is 72.4 cm³/mol. The van der Waals surface area contributed by atoms with E-state index >= 15 is 0 Å². The number of rotatable bonds is 7. The molecule has 0 aromatic heterocycles. The summed E-state index contributed by atoms with van der Waals surface area (Å²) in [4.78, 5) is 11.9. The van der Waals surface area contributed by atoms with Crippen LogP contribution in [0.2, 0.25) is 0 Å². The van der Waals surface area contributed by atoms with Crippen molar-refractivity contribution in [3.63, 3.8) is 0 Å². The molecule has 0 bridgehead atoms. The summed E-state index contributed by atoms with van der Waals surface area (Å²) in [5.74, 6) is -0.604. The Bertz CT molecular complexity index is 393. The van der Waals surface area contributed by atoms with Crippen molar-refractivity contribution < 1.29 is 9.18 Å². The summed E-state index contributed by atoms with van der Waals surface area (Å²) < 4.78 is 13.7. The van der Waals surface area contributed by atoms with Gasteiger partial charge < -0.3 is 10.6 Å². The highest BCUT2D eigenvalue weighted by Gasteiger charge is 2.13. The van der Waals surface area contributed by atoms with Gasteiger partial charge in [-0.1, -0.05) is 26.3 Å². The molecule has 100 valence electrons. The Morgan fingerprint density at radius 2 is 2.00 bits per heavy atom. The van der Waals surface area contributed by atoms with Crippen molar-refractivity contribution in [2.45, 2.75) is 33.1 Å². The van der Waals surface area contributed by atoms with Gasteiger partial charge in [-0.25, -0.2) is 4.39 Å². The third-order valence-electron chi connectivity index (χ3n) is 2.63. The van der Waals surface area contributed by atoms with E-state index < -0.39 is 0 Å². The van der Waals surface area contributed by atoms with E-state index in [4.69, 9.17) is 0 Å². The Labute approximate surface area is 108 Å². The summed E-state index contributed by atoms with van der Waals surface area (Å²) in [7, 11) is 0. The van der Waals surface area contributed by atoms with Crippen LogP contribution in [0.5, 0.6) is 0 Å². The number of para-hydroxylation sites is 1. The van der Waals surface area contributed by atoms with Gasteiger partial charge in [-0.15, -0.1) is 0 Å². The molecule has 1 amide bonds. The largest absolute Gasteiger partial charge is 0.382 e. The first-order chi connectivity index (χ1) is 8.70. The van der Waals surface area contributed by atoms with Crippen molar-refractivity contribution in [3.8, 4) is 0 Å². The van der Waals surface area contributed by atoms with E-state index in [1.54, 1.807) is 12.1 Å². The van der Waals surface area contributed by atoms with Gasteiger partial charge in [-0.05, 0) is 25.0 Å². The Morgan fingerprint density at radius 1 is 1.22 bits per heavy atom. The third-order valence-corrected chi connectivity index (χ3v) is 2.63. The molecule has 0 unspecified atom stereocenters. The second-order valence-electron chi connectivity index (χ2n) is 4.20. The van der Waals surface area contributed by atoms with E-state index in [9.17, 15) is 9.18 Å². The van der Waals surface area contributed by atoms with Crippen LogP contribution in [0, 0.1) is 5.82 Å². The van der Waals surface area contributed by atoms with E-state index in [1.807, 2.05) is 6.92 Å². The summed E-state index contributed by atoms with van der Waals surface area (Å²) >= 11 is 0. The van der Waals surface area contributed by atoms with Crippen LogP contribution < -0.4 is 10.6 Å². The van der Waals surface area contributed by atoms with Crippen LogP contribution in [-0.2, 0) is 0 Å². The predicted octanol–water partition coefficient (Wildman–Crippen LogP) is 3.18. The molecular formula is C14H21FN2O. The monoisotopic (exact) mass is 252 g/mol. The zero-order chi connectivity index (χ0) is 13.4. The lowest BCUT2D eigenvalue weighted by atomic mass is 10.1. The smallest absolute Gasteiger partial charge is 0.253 e. The quantitative estimate of drug-likeness (QED) is 0.732. The number of anilines is 1. The topological polar surface area (TPSA) is 41.1 Å². The number of carbonyl (C=O) groups is 1. The van der Waals surface area contributed by atoms with Gasteiger partial charge in [0, 0.05) is 13.1 Å². The van der Waals surface area contributed by atoms with E-state index in [0.717, 1.165) is 19.3 Å². The van der Waals surface area contributed by atoms with Gasteiger partial charge in [-0.3, -0.25) is 4.79 Å². The van der Waals surface area contributed by atoms with E-state index in [1.165, 1.54) is 6.07 Å². The van der Waals surface area contributed by atoms with Crippen molar-refractivity contribution >= 4 is 11.6 Å². The van der Waals surface area contributed by atoms with Crippen molar-refractivity contribution in [3.05, 3.63) is 29.6 Å². The van der Waals surface area contributed by atoms with Crippen molar-refractivity contribution in [2.75, 3.05) is 18.4 Å². The number of unbranched alkanes of at least 4 members (excludes halogenated alkanes) is 1. The third kappa shape index (κ3) is 4.02. The van der Waals surface area contributed by atoms with Crippen molar-refractivity contribution in [2.24, 2.45) is 0 Å². The number of nitrogens with one attached hydrogen (secondary N) is 2. The van der Waals surface area contributed by atoms with Gasteiger partial charge >= 0.3 is 0 Å². The Hall–Kier alpha value is -1.58. The van der Waals surface area contributed by atoms with Crippen LogP contribution in [0.15, 0.2) is 18.2 Å². The molecule has 1 rings (SSSR count). The first kappa shape index (κ1) is 14.5. The first-order valence-corrected chi connectivity index (χ1v) is 6.51. The Morgan fingerprint density at radius 3 is 2.67 bits per heavy atom. The molecule has 0 saturated heterocycles. The zero-order valence-corrected chi connectivity index (χ0v) is 11.1. The van der Waals surface area contributed by atoms with Crippen molar-refractivity contribution in [1.82, 2.24) is 5.32 Å². The fourth-order valence-electron chi connectivity index (χ4n) is 1.62. The number of hydrogen-bond acceptors (Lipinski definition) is 2. The van der Waals surface area contributed by atoms with E-state index in [0.29, 0.717) is 24.3 Å². The van der Waals surface area contributed by atoms with E-state index in [-0.39, 0.29) is 11.7 Å². The summed E-state index contributed by atoms with van der Waals surface area (Å²) in [6.45, 7) is 5.33. The minimum atomic E-state index is -0.383. The minimum Gasteiger partial charge on any atom is -0.382 e. The number of benzene rings is 1. The van der Waals surface area contributed by atoms with Crippen LogP contribution in [0.1, 0.15) is 43.5 Å². The number of amides is 1. The van der Waals surface area contributed by atoms with Crippen LogP contribution in [-0.4, -0.2) is 19.0 Å². The molecule has 3 nitrogen and oxygen atoms in total. The normalized spacial score (nSPS) is 10.2. The zero-order valence-electron chi connectivity index (χ0n) is 11.1. The van der Waals surface area contributed by atoms with Crippen LogP contribution >= 0.6 is 0 Å². The number of hydrogen-bond donors (Lipinski definition) is 2. The lowest BCUT2D eigenvalue weighted by Crippen LogP contribution is -2.25. The lowest BCUT2D eigenvalue weighted by molar-refractivity contribution is 0.0953. The molecule has 0 fully saturated rings. The van der Waals surface area contributed by atoms with Crippen LogP contribution in [0.3, 0.4) is 0 Å². The van der Waals surface area contributed by atoms with Gasteiger partial charge in [0.25, 0.3) is 5.91 Å².